The Hall–Kier alpha value is -3.62. The summed E-state index contributed by atoms with van der Waals surface area (Å²) in [4.78, 5) is 4.66. The monoisotopic (exact) mass is 440 g/mol. The number of halogens is 1. The molecule has 2 N–H and O–H groups in total. The second kappa shape index (κ2) is 11.1. The van der Waals surface area contributed by atoms with E-state index in [9.17, 15) is 4.39 Å². The standard InChI is InChI=1S/C23H29FN6O2/c1-16(32-21-8-6-5-7-20(21)24)13-25-23(27-15-22-29-28-17(2)30(22)3)26-14-18-9-11-19(31-4)12-10-18/h5-12,16H,13-15H2,1-4H3,(H2,25,26,27). The molecule has 0 aliphatic rings. The van der Waals surface area contributed by atoms with E-state index in [1.807, 2.05) is 49.7 Å². The van der Waals surface area contributed by atoms with Crippen molar-refractivity contribution < 1.29 is 13.9 Å². The van der Waals surface area contributed by atoms with Gasteiger partial charge in [-0.1, -0.05) is 24.3 Å². The summed E-state index contributed by atoms with van der Waals surface area (Å²) in [6, 6.07) is 14.1. The first-order chi connectivity index (χ1) is 15.5. The van der Waals surface area contributed by atoms with Crippen LogP contribution in [0, 0.1) is 12.7 Å². The van der Waals surface area contributed by atoms with Crippen molar-refractivity contribution in [2.75, 3.05) is 13.7 Å². The fraction of sp³-hybridized carbons (Fsp3) is 0.348. The molecule has 9 heteroatoms. The SMILES string of the molecule is COc1ccc(CN=C(NCc2nnc(C)n2C)NCC(C)Oc2ccccc2F)cc1. The molecule has 0 bridgehead atoms. The van der Waals surface area contributed by atoms with Crippen LogP contribution in [0.1, 0.15) is 24.1 Å². The second-order valence-electron chi connectivity index (χ2n) is 7.33. The van der Waals surface area contributed by atoms with Crippen LogP contribution in [0.5, 0.6) is 11.5 Å². The molecule has 3 rings (SSSR count). The first-order valence-electron chi connectivity index (χ1n) is 10.4. The average molecular weight is 441 g/mol. The fourth-order valence-corrected chi connectivity index (χ4v) is 2.88. The van der Waals surface area contributed by atoms with Crippen molar-refractivity contribution in [3.05, 3.63) is 71.6 Å². The largest absolute Gasteiger partial charge is 0.497 e. The maximum atomic E-state index is 13.9. The number of ether oxygens (including phenoxy) is 2. The minimum Gasteiger partial charge on any atom is -0.497 e. The third kappa shape index (κ3) is 6.44. The van der Waals surface area contributed by atoms with E-state index in [2.05, 4.69) is 25.8 Å². The zero-order valence-electron chi connectivity index (χ0n) is 18.8. The number of para-hydroxylation sites is 1. The Morgan fingerprint density at radius 2 is 1.88 bits per heavy atom. The van der Waals surface area contributed by atoms with E-state index in [1.54, 1.807) is 25.3 Å². The van der Waals surface area contributed by atoms with Crippen molar-refractivity contribution in [3.63, 3.8) is 0 Å². The van der Waals surface area contributed by atoms with E-state index in [0.29, 0.717) is 25.6 Å². The number of rotatable bonds is 9. The van der Waals surface area contributed by atoms with Crippen LogP contribution in [-0.2, 0) is 20.1 Å². The summed E-state index contributed by atoms with van der Waals surface area (Å²) in [5, 5.41) is 14.8. The number of aromatic nitrogens is 3. The topological polar surface area (TPSA) is 85.6 Å². The van der Waals surface area contributed by atoms with E-state index in [1.165, 1.54) is 6.07 Å². The molecule has 0 aliphatic carbocycles. The Bertz CT molecular complexity index is 1040. The average Bonchev–Trinajstić information content (AvgIpc) is 3.12. The lowest BCUT2D eigenvalue weighted by atomic mass is 10.2. The van der Waals surface area contributed by atoms with Crippen LogP contribution in [0.25, 0.3) is 0 Å². The molecule has 0 amide bonds. The van der Waals surface area contributed by atoms with Crippen molar-refractivity contribution >= 4 is 5.96 Å². The Morgan fingerprint density at radius 1 is 1.12 bits per heavy atom. The van der Waals surface area contributed by atoms with Crippen LogP contribution in [-0.4, -0.2) is 40.5 Å². The summed E-state index contributed by atoms with van der Waals surface area (Å²) in [6.07, 6.45) is -0.281. The van der Waals surface area contributed by atoms with Gasteiger partial charge in [0, 0.05) is 7.05 Å². The molecule has 3 aromatic rings. The van der Waals surface area contributed by atoms with Crippen LogP contribution in [0.2, 0.25) is 0 Å². The first-order valence-corrected chi connectivity index (χ1v) is 10.4. The summed E-state index contributed by atoms with van der Waals surface area (Å²) in [5.41, 5.74) is 1.04. The van der Waals surface area contributed by atoms with Gasteiger partial charge in [-0.3, -0.25) is 0 Å². The number of nitrogens with zero attached hydrogens (tertiary/aromatic N) is 4. The molecule has 0 saturated heterocycles. The normalized spacial score (nSPS) is 12.3. The zero-order valence-corrected chi connectivity index (χ0v) is 18.8. The summed E-state index contributed by atoms with van der Waals surface area (Å²) in [6.45, 7) is 5.12. The number of hydrogen-bond acceptors (Lipinski definition) is 5. The molecule has 0 fully saturated rings. The molecule has 0 saturated carbocycles. The van der Waals surface area contributed by atoms with E-state index >= 15 is 0 Å². The molecule has 170 valence electrons. The highest BCUT2D eigenvalue weighted by molar-refractivity contribution is 5.79. The van der Waals surface area contributed by atoms with Gasteiger partial charge in [0.25, 0.3) is 0 Å². The molecule has 32 heavy (non-hydrogen) atoms. The smallest absolute Gasteiger partial charge is 0.192 e. The third-order valence-corrected chi connectivity index (χ3v) is 4.90. The van der Waals surface area contributed by atoms with E-state index in [0.717, 1.165) is 23.0 Å². The lowest BCUT2D eigenvalue weighted by Gasteiger charge is -2.18. The summed E-state index contributed by atoms with van der Waals surface area (Å²) in [7, 11) is 3.55. The summed E-state index contributed by atoms with van der Waals surface area (Å²) < 4.78 is 26.7. The Labute approximate surface area is 187 Å². The van der Waals surface area contributed by atoms with Gasteiger partial charge >= 0.3 is 0 Å². The number of benzene rings is 2. The molecule has 1 atom stereocenters. The maximum absolute atomic E-state index is 13.9. The quantitative estimate of drug-likeness (QED) is 0.393. The van der Waals surface area contributed by atoms with E-state index in [4.69, 9.17) is 9.47 Å². The predicted molar refractivity (Wildman–Crippen MR) is 121 cm³/mol. The molecule has 1 aromatic heterocycles. The van der Waals surface area contributed by atoms with Gasteiger partial charge in [-0.15, -0.1) is 10.2 Å². The molecule has 0 radical (unpaired) electrons. The fourth-order valence-electron chi connectivity index (χ4n) is 2.88. The third-order valence-electron chi connectivity index (χ3n) is 4.90. The van der Waals surface area contributed by atoms with E-state index in [-0.39, 0.29) is 17.7 Å². The van der Waals surface area contributed by atoms with Crippen molar-refractivity contribution in [2.45, 2.75) is 33.0 Å². The van der Waals surface area contributed by atoms with Crippen LogP contribution >= 0.6 is 0 Å². The number of aryl methyl sites for hydroxylation is 1. The number of nitrogens with one attached hydrogen (secondary N) is 2. The highest BCUT2D eigenvalue weighted by atomic mass is 19.1. The Balaban J connectivity index is 1.64. The Kier molecular flexibility index (Phi) is 8.02. The van der Waals surface area contributed by atoms with Gasteiger partial charge < -0.3 is 24.7 Å². The first kappa shape index (κ1) is 23.1. The van der Waals surface area contributed by atoms with Gasteiger partial charge in [-0.2, -0.15) is 0 Å². The van der Waals surface area contributed by atoms with Gasteiger partial charge in [0.1, 0.15) is 17.7 Å². The minimum atomic E-state index is -0.386. The van der Waals surface area contributed by atoms with Crippen LogP contribution in [0.3, 0.4) is 0 Å². The number of methoxy groups -OCH3 is 1. The lowest BCUT2D eigenvalue weighted by molar-refractivity contribution is 0.214. The van der Waals surface area contributed by atoms with Gasteiger partial charge in [0.05, 0.1) is 26.7 Å². The molecular weight excluding hydrogens is 411 g/mol. The predicted octanol–water partition coefficient (Wildman–Crippen LogP) is 2.97. The van der Waals surface area contributed by atoms with Crippen molar-refractivity contribution in [1.82, 2.24) is 25.4 Å². The molecule has 1 heterocycles. The van der Waals surface area contributed by atoms with Gasteiger partial charge in [0.2, 0.25) is 0 Å². The highest BCUT2D eigenvalue weighted by Gasteiger charge is 2.11. The van der Waals surface area contributed by atoms with Crippen LogP contribution < -0.4 is 20.1 Å². The number of aliphatic imine (C=N–C) groups is 1. The van der Waals surface area contributed by atoms with Crippen LogP contribution in [0.15, 0.2) is 53.5 Å². The van der Waals surface area contributed by atoms with Crippen molar-refractivity contribution in [3.8, 4) is 11.5 Å². The summed E-state index contributed by atoms with van der Waals surface area (Å²) >= 11 is 0. The molecular formula is C23H29FN6O2. The molecule has 0 aliphatic heterocycles. The molecule has 2 aromatic carbocycles. The zero-order chi connectivity index (χ0) is 22.9. The van der Waals surface area contributed by atoms with Gasteiger partial charge in [-0.05, 0) is 43.7 Å². The summed E-state index contributed by atoms with van der Waals surface area (Å²) in [5.74, 6) is 2.84. The van der Waals surface area contributed by atoms with Crippen LogP contribution in [0.4, 0.5) is 4.39 Å². The second-order valence-corrected chi connectivity index (χ2v) is 7.33. The van der Waals surface area contributed by atoms with Crippen molar-refractivity contribution in [1.29, 1.82) is 0 Å². The Morgan fingerprint density at radius 3 is 2.53 bits per heavy atom. The lowest BCUT2D eigenvalue weighted by Crippen LogP contribution is -2.42. The highest BCUT2D eigenvalue weighted by Crippen LogP contribution is 2.16. The molecule has 8 nitrogen and oxygen atoms in total. The minimum absolute atomic E-state index is 0.223. The van der Waals surface area contributed by atoms with Gasteiger partial charge in [0.15, 0.2) is 23.4 Å². The molecule has 0 spiro atoms. The van der Waals surface area contributed by atoms with E-state index < -0.39 is 0 Å². The van der Waals surface area contributed by atoms with Gasteiger partial charge in [-0.25, -0.2) is 9.38 Å². The maximum Gasteiger partial charge on any atom is 0.192 e. The molecule has 1 unspecified atom stereocenters. The number of guanidine groups is 1. The number of hydrogen-bond donors (Lipinski definition) is 2. The van der Waals surface area contributed by atoms with Crippen molar-refractivity contribution in [2.24, 2.45) is 12.0 Å².